The molecule has 3 nitrogen and oxygen atoms in total. The molecule has 0 unspecified atom stereocenters. The van der Waals surface area contributed by atoms with Crippen molar-refractivity contribution >= 4 is 6.03 Å². The van der Waals surface area contributed by atoms with Gasteiger partial charge in [0.2, 0.25) is 0 Å². The van der Waals surface area contributed by atoms with Crippen LogP contribution in [0.3, 0.4) is 0 Å². The average Bonchev–Trinajstić information content (AvgIpc) is 2.32. The molecule has 4 heteroatoms. The quantitative estimate of drug-likeness (QED) is 0.734. The SMILES string of the molecule is CCCCNC(=O)NCCc1ccccc1F. The second kappa shape index (κ2) is 7.65. The molecule has 0 aliphatic rings. The van der Waals surface area contributed by atoms with Crippen molar-refractivity contribution in [3.8, 4) is 0 Å². The summed E-state index contributed by atoms with van der Waals surface area (Å²) in [5.74, 6) is -0.222. The number of nitrogens with one attached hydrogen (secondary N) is 2. The van der Waals surface area contributed by atoms with Crippen LogP contribution < -0.4 is 10.6 Å². The lowest BCUT2D eigenvalue weighted by Crippen LogP contribution is -2.37. The van der Waals surface area contributed by atoms with Crippen molar-refractivity contribution < 1.29 is 9.18 Å². The van der Waals surface area contributed by atoms with Crippen LogP contribution in [0.2, 0.25) is 0 Å². The van der Waals surface area contributed by atoms with Gasteiger partial charge < -0.3 is 10.6 Å². The smallest absolute Gasteiger partial charge is 0.314 e. The van der Waals surface area contributed by atoms with E-state index in [1.54, 1.807) is 18.2 Å². The number of rotatable bonds is 6. The van der Waals surface area contributed by atoms with Gasteiger partial charge in [0.25, 0.3) is 0 Å². The van der Waals surface area contributed by atoms with Gasteiger partial charge in [-0.05, 0) is 24.5 Å². The molecule has 1 aromatic rings. The molecule has 0 atom stereocenters. The molecule has 1 rings (SSSR count). The minimum atomic E-state index is -0.222. The molecule has 0 aromatic heterocycles. The Balaban J connectivity index is 2.19. The molecule has 0 saturated carbocycles. The number of carbonyl (C=O) groups is 1. The van der Waals surface area contributed by atoms with Crippen LogP contribution in [0.15, 0.2) is 24.3 Å². The van der Waals surface area contributed by atoms with Gasteiger partial charge in [-0.3, -0.25) is 0 Å². The summed E-state index contributed by atoms with van der Waals surface area (Å²) >= 11 is 0. The second-order valence-corrected chi connectivity index (χ2v) is 3.88. The van der Waals surface area contributed by atoms with Crippen molar-refractivity contribution in [3.63, 3.8) is 0 Å². The summed E-state index contributed by atoms with van der Waals surface area (Å²) < 4.78 is 13.2. The molecule has 0 aliphatic heterocycles. The van der Waals surface area contributed by atoms with Crippen molar-refractivity contribution in [1.82, 2.24) is 10.6 Å². The molecular weight excluding hydrogens is 219 g/mol. The standard InChI is InChI=1S/C13H19FN2O/c1-2-3-9-15-13(17)16-10-8-11-6-4-5-7-12(11)14/h4-7H,2-3,8-10H2,1H3,(H2,15,16,17). The third kappa shape index (κ3) is 5.33. The molecule has 0 bridgehead atoms. The first-order chi connectivity index (χ1) is 8.24. The summed E-state index contributed by atoms with van der Waals surface area (Å²) in [6.07, 6.45) is 2.53. The minimum absolute atomic E-state index is 0.185. The number of amides is 2. The van der Waals surface area contributed by atoms with Crippen molar-refractivity contribution in [1.29, 1.82) is 0 Å². The predicted octanol–water partition coefficient (Wildman–Crippen LogP) is 2.47. The molecule has 17 heavy (non-hydrogen) atoms. The summed E-state index contributed by atoms with van der Waals surface area (Å²) in [7, 11) is 0. The molecule has 0 spiro atoms. The van der Waals surface area contributed by atoms with Crippen molar-refractivity contribution in [2.45, 2.75) is 26.2 Å². The Morgan fingerprint density at radius 1 is 1.24 bits per heavy atom. The Bertz CT molecular complexity index is 355. The summed E-state index contributed by atoms with van der Waals surface area (Å²) in [6.45, 7) is 3.19. The Kier molecular flexibility index (Phi) is 6.07. The van der Waals surface area contributed by atoms with Gasteiger partial charge >= 0.3 is 6.03 Å². The minimum Gasteiger partial charge on any atom is -0.338 e. The Morgan fingerprint density at radius 2 is 1.94 bits per heavy atom. The van der Waals surface area contributed by atoms with Crippen LogP contribution >= 0.6 is 0 Å². The van der Waals surface area contributed by atoms with E-state index in [4.69, 9.17) is 0 Å². The highest BCUT2D eigenvalue weighted by Gasteiger charge is 2.02. The van der Waals surface area contributed by atoms with E-state index in [0.717, 1.165) is 12.8 Å². The first-order valence-corrected chi connectivity index (χ1v) is 5.99. The van der Waals surface area contributed by atoms with Gasteiger partial charge in [-0.1, -0.05) is 31.5 Å². The third-order valence-corrected chi connectivity index (χ3v) is 2.45. The highest BCUT2D eigenvalue weighted by Crippen LogP contribution is 2.05. The molecule has 94 valence electrons. The van der Waals surface area contributed by atoms with E-state index in [1.807, 2.05) is 0 Å². The van der Waals surface area contributed by atoms with Gasteiger partial charge in [0.1, 0.15) is 5.82 Å². The van der Waals surface area contributed by atoms with Crippen LogP contribution in [0.4, 0.5) is 9.18 Å². The zero-order valence-electron chi connectivity index (χ0n) is 10.1. The van der Waals surface area contributed by atoms with Crippen LogP contribution in [0.5, 0.6) is 0 Å². The van der Waals surface area contributed by atoms with E-state index in [-0.39, 0.29) is 11.8 Å². The lowest BCUT2D eigenvalue weighted by atomic mass is 10.1. The first kappa shape index (κ1) is 13.5. The Hall–Kier alpha value is -1.58. The van der Waals surface area contributed by atoms with Crippen LogP contribution in [-0.4, -0.2) is 19.1 Å². The maximum Gasteiger partial charge on any atom is 0.314 e. The van der Waals surface area contributed by atoms with Gasteiger partial charge in [-0.2, -0.15) is 0 Å². The van der Waals surface area contributed by atoms with E-state index in [2.05, 4.69) is 17.6 Å². The molecule has 0 fully saturated rings. The zero-order valence-corrected chi connectivity index (χ0v) is 10.1. The third-order valence-electron chi connectivity index (χ3n) is 2.45. The molecule has 0 radical (unpaired) electrons. The maximum atomic E-state index is 13.2. The molecule has 0 aliphatic carbocycles. The molecule has 0 saturated heterocycles. The normalized spacial score (nSPS) is 10.0. The van der Waals surface area contributed by atoms with Crippen molar-refractivity contribution in [2.75, 3.05) is 13.1 Å². The van der Waals surface area contributed by atoms with Gasteiger partial charge in [0.05, 0.1) is 0 Å². The van der Waals surface area contributed by atoms with E-state index >= 15 is 0 Å². The summed E-state index contributed by atoms with van der Waals surface area (Å²) in [5, 5.41) is 5.44. The summed E-state index contributed by atoms with van der Waals surface area (Å²) in [4.78, 5) is 11.3. The van der Waals surface area contributed by atoms with Crippen LogP contribution in [-0.2, 0) is 6.42 Å². The number of benzene rings is 1. The van der Waals surface area contributed by atoms with Crippen LogP contribution in [0.25, 0.3) is 0 Å². The largest absolute Gasteiger partial charge is 0.338 e. The van der Waals surface area contributed by atoms with Crippen LogP contribution in [0.1, 0.15) is 25.3 Å². The van der Waals surface area contributed by atoms with E-state index in [1.165, 1.54) is 6.07 Å². The van der Waals surface area contributed by atoms with Gasteiger partial charge in [0, 0.05) is 13.1 Å². The molecule has 0 heterocycles. The highest BCUT2D eigenvalue weighted by atomic mass is 19.1. The molecular formula is C13H19FN2O. The fraction of sp³-hybridized carbons (Fsp3) is 0.462. The van der Waals surface area contributed by atoms with E-state index in [9.17, 15) is 9.18 Å². The van der Waals surface area contributed by atoms with Crippen molar-refractivity contribution in [2.24, 2.45) is 0 Å². The monoisotopic (exact) mass is 238 g/mol. The van der Waals surface area contributed by atoms with Gasteiger partial charge in [-0.15, -0.1) is 0 Å². The molecule has 2 N–H and O–H groups in total. The maximum absolute atomic E-state index is 13.2. The summed E-state index contributed by atoms with van der Waals surface area (Å²) in [6, 6.07) is 6.42. The zero-order chi connectivity index (χ0) is 12.5. The number of halogens is 1. The molecule has 1 aromatic carbocycles. The van der Waals surface area contributed by atoms with E-state index in [0.29, 0.717) is 25.1 Å². The van der Waals surface area contributed by atoms with Gasteiger partial charge in [0.15, 0.2) is 0 Å². The van der Waals surface area contributed by atoms with Gasteiger partial charge in [-0.25, -0.2) is 9.18 Å². The predicted molar refractivity (Wildman–Crippen MR) is 66.4 cm³/mol. The lowest BCUT2D eigenvalue weighted by Gasteiger charge is -2.07. The van der Waals surface area contributed by atoms with Crippen molar-refractivity contribution in [3.05, 3.63) is 35.6 Å². The number of hydrogen-bond donors (Lipinski definition) is 2. The topological polar surface area (TPSA) is 41.1 Å². The number of urea groups is 1. The highest BCUT2D eigenvalue weighted by molar-refractivity contribution is 5.73. The van der Waals surface area contributed by atoms with Crippen LogP contribution in [0, 0.1) is 5.82 Å². The van der Waals surface area contributed by atoms with E-state index < -0.39 is 0 Å². The average molecular weight is 238 g/mol. The number of hydrogen-bond acceptors (Lipinski definition) is 1. The molecule has 2 amide bonds. The fourth-order valence-electron chi connectivity index (χ4n) is 1.45. The fourth-order valence-corrected chi connectivity index (χ4v) is 1.45. The Labute approximate surface area is 101 Å². The number of carbonyl (C=O) groups excluding carboxylic acids is 1. The lowest BCUT2D eigenvalue weighted by molar-refractivity contribution is 0.241. The first-order valence-electron chi connectivity index (χ1n) is 5.99. The number of unbranched alkanes of at least 4 members (excludes halogenated alkanes) is 1. The second-order valence-electron chi connectivity index (χ2n) is 3.88. The Morgan fingerprint density at radius 3 is 2.65 bits per heavy atom. The summed E-state index contributed by atoms with van der Waals surface area (Å²) in [5.41, 5.74) is 0.626.